The molecule has 0 bridgehead atoms. The van der Waals surface area contributed by atoms with E-state index < -0.39 is 0 Å². The fourth-order valence-electron chi connectivity index (χ4n) is 2.95. The first kappa shape index (κ1) is 13.2. The molecule has 6 nitrogen and oxygen atoms in total. The van der Waals surface area contributed by atoms with Crippen LogP contribution in [0.2, 0.25) is 0 Å². The van der Waals surface area contributed by atoms with E-state index in [1.165, 1.54) is 5.56 Å². The molecule has 0 fully saturated rings. The van der Waals surface area contributed by atoms with Crippen LogP contribution in [0.1, 0.15) is 5.56 Å². The van der Waals surface area contributed by atoms with Crippen LogP contribution >= 0.6 is 0 Å². The number of benzene rings is 2. The number of ether oxygens (including phenoxy) is 1. The van der Waals surface area contributed by atoms with Gasteiger partial charge in [0.25, 0.3) is 6.01 Å². The van der Waals surface area contributed by atoms with Crippen molar-refractivity contribution in [3.05, 3.63) is 54.4 Å². The summed E-state index contributed by atoms with van der Waals surface area (Å²) in [6.07, 6.45) is 4.46. The van der Waals surface area contributed by atoms with Crippen molar-refractivity contribution in [2.24, 2.45) is 0 Å². The lowest BCUT2D eigenvalue weighted by molar-refractivity contribution is 0.357. The summed E-state index contributed by atoms with van der Waals surface area (Å²) < 4.78 is 11.4. The zero-order chi connectivity index (χ0) is 15.9. The van der Waals surface area contributed by atoms with Crippen molar-refractivity contribution < 1.29 is 9.15 Å². The molecule has 0 atom stereocenters. The van der Waals surface area contributed by atoms with Crippen LogP contribution in [0.25, 0.3) is 22.2 Å². The topological polar surface area (TPSA) is 76.0 Å². The van der Waals surface area contributed by atoms with Crippen LogP contribution in [0, 0.1) is 0 Å². The summed E-state index contributed by atoms with van der Waals surface area (Å²) in [5.74, 6) is 1.70. The molecule has 0 unspecified atom stereocenters. The molecular formula is C18H14N4O2. The highest BCUT2D eigenvalue weighted by molar-refractivity contribution is 5.82. The van der Waals surface area contributed by atoms with Crippen LogP contribution in [0.4, 0.5) is 11.7 Å². The lowest BCUT2D eigenvalue weighted by Crippen LogP contribution is -1.89. The monoisotopic (exact) mass is 318 g/mol. The Morgan fingerprint density at radius 2 is 2.08 bits per heavy atom. The van der Waals surface area contributed by atoms with Crippen LogP contribution in [0.15, 0.2) is 53.2 Å². The number of oxazole rings is 1. The molecule has 2 N–H and O–H groups in total. The Labute approximate surface area is 137 Å². The molecular weight excluding hydrogens is 304 g/mol. The molecule has 6 heteroatoms. The summed E-state index contributed by atoms with van der Waals surface area (Å²) in [4.78, 5) is 4.32. The molecule has 0 saturated heterocycles. The summed E-state index contributed by atoms with van der Waals surface area (Å²) in [6, 6.07) is 12.5. The normalized spacial score (nSPS) is 13.0. The molecule has 0 radical (unpaired) electrons. The summed E-state index contributed by atoms with van der Waals surface area (Å²) >= 11 is 0. The van der Waals surface area contributed by atoms with E-state index in [-0.39, 0.29) is 0 Å². The first-order valence-corrected chi connectivity index (χ1v) is 7.77. The number of nitrogens with zero attached hydrogens (tertiary/aromatic N) is 2. The maximum atomic E-state index is 5.84. The van der Waals surface area contributed by atoms with Gasteiger partial charge < -0.3 is 14.5 Å². The van der Waals surface area contributed by atoms with Gasteiger partial charge in [-0.15, -0.1) is 0 Å². The van der Waals surface area contributed by atoms with Crippen LogP contribution in [0.3, 0.4) is 0 Å². The smallest absolute Gasteiger partial charge is 0.299 e. The number of fused-ring (bicyclic) bond motifs is 2. The molecule has 0 saturated carbocycles. The minimum Gasteiger partial charge on any atom is -0.493 e. The number of rotatable bonds is 3. The molecule has 0 spiro atoms. The third kappa shape index (κ3) is 2.20. The van der Waals surface area contributed by atoms with E-state index in [0.29, 0.717) is 6.01 Å². The molecule has 24 heavy (non-hydrogen) atoms. The number of aromatic amines is 1. The molecule has 118 valence electrons. The molecule has 1 aliphatic heterocycles. The number of nitrogens with one attached hydrogen (secondary N) is 2. The Balaban J connectivity index is 1.42. The lowest BCUT2D eigenvalue weighted by atomic mass is 10.1. The van der Waals surface area contributed by atoms with Crippen LogP contribution in [-0.2, 0) is 6.42 Å². The van der Waals surface area contributed by atoms with Gasteiger partial charge in [-0.1, -0.05) is 0 Å². The van der Waals surface area contributed by atoms with Crippen molar-refractivity contribution >= 4 is 22.6 Å². The molecule has 5 rings (SSSR count). The van der Waals surface area contributed by atoms with Crippen molar-refractivity contribution in [1.82, 2.24) is 15.2 Å². The quantitative estimate of drug-likeness (QED) is 0.599. The van der Waals surface area contributed by atoms with Gasteiger partial charge in [-0.2, -0.15) is 5.10 Å². The van der Waals surface area contributed by atoms with E-state index in [1.807, 2.05) is 30.3 Å². The largest absolute Gasteiger partial charge is 0.493 e. The minimum atomic E-state index is 0.463. The van der Waals surface area contributed by atoms with Gasteiger partial charge in [-0.3, -0.25) is 5.10 Å². The Morgan fingerprint density at radius 3 is 3.08 bits per heavy atom. The summed E-state index contributed by atoms with van der Waals surface area (Å²) in [6.45, 7) is 0.748. The van der Waals surface area contributed by atoms with Crippen molar-refractivity contribution in [2.75, 3.05) is 11.9 Å². The third-order valence-corrected chi connectivity index (χ3v) is 4.17. The van der Waals surface area contributed by atoms with Gasteiger partial charge in [-0.05, 0) is 42.0 Å². The van der Waals surface area contributed by atoms with E-state index in [2.05, 4.69) is 26.6 Å². The average Bonchev–Trinajstić information content (AvgIpc) is 3.34. The highest BCUT2D eigenvalue weighted by atomic mass is 16.5. The minimum absolute atomic E-state index is 0.463. The van der Waals surface area contributed by atoms with Crippen molar-refractivity contribution in [3.8, 4) is 17.1 Å². The van der Waals surface area contributed by atoms with Crippen molar-refractivity contribution in [3.63, 3.8) is 0 Å². The third-order valence-electron chi connectivity index (χ3n) is 4.17. The van der Waals surface area contributed by atoms with Crippen LogP contribution in [-0.4, -0.2) is 21.8 Å². The number of hydrogen-bond donors (Lipinski definition) is 2. The molecule has 0 amide bonds. The van der Waals surface area contributed by atoms with E-state index >= 15 is 0 Å². The van der Waals surface area contributed by atoms with Gasteiger partial charge in [0.1, 0.15) is 5.75 Å². The zero-order valence-corrected chi connectivity index (χ0v) is 12.7. The lowest BCUT2D eigenvalue weighted by Gasteiger charge is -2.02. The van der Waals surface area contributed by atoms with Crippen molar-refractivity contribution in [2.45, 2.75) is 6.42 Å². The second kappa shape index (κ2) is 5.13. The standard InChI is InChI=1S/C18H14N4O2/c1-4-16-12(5-6-23-16)7-11(1)17-10-19-18(24-17)21-14-2-3-15-13(8-14)9-20-22-15/h1-4,7-10H,5-6H2,(H,19,21)(H,20,22). The predicted octanol–water partition coefficient (Wildman–Crippen LogP) is 3.90. The van der Waals surface area contributed by atoms with Crippen LogP contribution in [0.5, 0.6) is 5.75 Å². The van der Waals surface area contributed by atoms with Gasteiger partial charge >= 0.3 is 0 Å². The molecule has 3 heterocycles. The molecule has 1 aliphatic rings. The fourth-order valence-corrected chi connectivity index (χ4v) is 2.95. The number of hydrogen-bond acceptors (Lipinski definition) is 5. The molecule has 2 aromatic heterocycles. The molecule has 4 aromatic rings. The molecule has 2 aromatic carbocycles. The Morgan fingerprint density at radius 1 is 1.08 bits per heavy atom. The zero-order valence-electron chi connectivity index (χ0n) is 12.7. The predicted molar refractivity (Wildman–Crippen MR) is 90.5 cm³/mol. The Hall–Kier alpha value is -3.28. The van der Waals surface area contributed by atoms with Crippen molar-refractivity contribution in [1.29, 1.82) is 0 Å². The van der Waals surface area contributed by atoms with Gasteiger partial charge in [0, 0.05) is 23.1 Å². The number of H-pyrrole nitrogens is 1. The second-order valence-electron chi connectivity index (χ2n) is 5.75. The van der Waals surface area contributed by atoms with Gasteiger partial charge in [0.2, 0.25) is 0 Å². The maximum absolute atomic E-state index is 5.84. The first-order chi connectivity index (χ1) is 11.8. The van der Waals surface area contributed by atoms with Gasteiger partial charge in [0.15, 0.2) is 5.76 Å². The SMILES string of the molecule is c1cc2[nH]ncc2cc1Nc1ncc(-c2ccc3c(c2)CCO3)o1. The van der Waals surface area contributed by atoms with E-state index in [9.17, 15) is 0 Å². The highest BCUT2D eigenvalue weighted by Gasteiger charge is 2.14. The molecule has 0 aliphatic carbocycles. The van der Waals surface area contributed by atoms with E-state index in [4.69, 9.17) is 9.15 Å². The second-order valence-corrected chi connectivity index (χ2v) is 5.75. The fraction of sp³-hybridized carbons (Fsp3) is 0.111. The highest BCUT2D eigenvalue weighted by Crippen LogP contribution is 2.32. The van der Waals surface area contributed by atoms with E-state index in [0.717, 1.165) is 46.7 Å². The number of anilines is 2. The van der Waals surface area contributed by atoms with Gasteiger partial charge in [0.05, 0.1) is 24.5 Å². The van der Waals surface area contributed by atoms with E-state index in [1.54, 1.807) is 12.4 Å². The number of aromatic nitrogens is 3. The summed E-state index contributed by atoms with van der Waals surface area (Å²) in [7, 11) is 0. The maximum Gasteiger partial charge on any atom is 0.299 e. The van der Waals surface area contributed by atoms with Crippen LogP contribution < -0.4 is 10.1 Å². The average molecular weight is 318 g/mol. The Kier molecular flexibility index (Phi) is 2.82. The summed E-state index contributed by atoms with van der Waals surface area (Å²) in [5.41, 5.74) is 4.11. The Bertz CT molecular complexity index is 1030. The summed E-state index contributed by atoms with van der Waals surface area (Å²) in [5, 5.41) is 11.2. The first-order valence-electron chi connectivity index (χ1n) is 7.77. The van der Waals surface area contributed by atoms with Gasteiger partial charge in [-0.25, -0.2) is 4.98 Å².